The number of hydrogen-bond donors (Lipinski definition) is 0. The first-order valence-electron chi connectivity index (χ1n) is 9.79. The van der Waals surface area contributed by atoms with Crippen molar-refractivity contribution in [3.63, 3.8) is 0 Å². The Kier molecular flexibility index (Phi) is 4.93. The van der Waals surface area contributed by atoms with E-state index in [1.165, 1.54) is 24.3 Å². The van der Waals surface area contributed by atoms with Crippen molar-refractivity contribution >= 4 is 17.3 Å². The number of amides is 1. The van der Waals surface area contributed by atoms with Crippen LogP contribution in [0.4, 0.5) is 28.9 Å². The topological polar surface area (TPSA) is 71.1 Å². The summed E-state index contributed by atoms with van der Waals surface area (Å²) >= 11 is 0. The molecule has 1 saturated carbocycles. The molecule has 0 aromatic heterocycles. The number of rotatable bonds is 2. The van der Waals surface area contributed by atoms with Gasteiger partial charge in [-0.3, -0.25) is 9.69 Å². The second-order valence-electron chi connectivity index (χ2n) is 7.75. The maximum atomic E-state index is 14.4. The standard InChI is InChI=1S/C23H16F4N4O/c1-14-30(17-6-4-15(12-28)19(10-17)23(25,26)27)21(32)22(8-2-3-9-22)31(14)18-7-5-16(13-29)20(24)11-18/h4-7,10-11H,1-3,8-9H2. The van der Waals surface area contributed by atoms with E-state index in [0.29, 0.717) is 25.7 Å². The maximum Gasteiger partial charge on any atom is 0.417 e. The lowest BCUT2D eigenvalue weighted by Crippen LogP contribution is -2.46. The lowest BCUT2D eigenvalue weighted by molar-refractivity contribution is -0.137. The molecule has 2 aromatic carbocycles. The van der Waals surface area contributed by atoms with E-state index in [4.69, 9.17) is 10.5 Å². The van der Waals surface area contributed by atoms with Gasteiger partial charge in [0.15, 0.2) is 0 Å². The summed E-state index contributed by atoms with van der Waals surface area (Å²) in [6, 6.07) is 10.2. The first kappa shape index (κ1) is 21.4. The summed E-state index contributed by atoms with van der Waals surface area (Å²) in [6.45, 7) is 3.94. The summed E-state index contributed by atoms with van der Waals surface area (Å²) < 4.78 is 54.8. The number of nitrogens with zero attached hydrogens (tertiary/aromatic N) is 4. The van der Waals surface area contributed by atoms with Gasteiger partial charge in [0, 0.05) is 5.69 Å². The van der Waals surface area contributed by atoms with Crippen LogP contribution in [-0.4, -0.2) is 11.4 Å². The summed E-state index contributed by atoms with van der Waals surface area (Å²) in [5.41, 5.74) is -2.77. The van der Waals surface area contributed by atoms with E-state index in [1.807, 2.05) is 0 Å². The van der Waals surface area contributed by atoms with Gasteiger partial charge in [-0.2, -0.15) is 23.7 Å². The molecule has 162 valence electrons. The van der Waals surface area contributed by atoms with Crippen LogP contribution in [0.3, 0.4) is 0 Å². The molecule has 0 radical (unpaired) electrons. The van der Waals surface area contributed by atoms with Crippen molar-refractivity contribution in [3.8, 4) is 12.1 Å². The zero-order valence-electron chi connectivity index (χ0n) is 16.7. The normalized spacial score (nSPS) is 17.7. The maximum absolute atomic E-state index is 14.4. The molecule has 5 nitrogen and oxygen atoms in total. The second kappa shape index (κ2) is 7.38. The molecule has 1 amide bonds. The van der Waals surface area contributed by atoms with E-state index in [9.17, 15) is 22.4 Å². The van der Waals surface area contributed by atoms with Crippen molar-refractivity contribution in [2.24, 2.45) is 0 Å². The highest BCUT2D eigenvalue weighted by molar-refractivity contribution is 6.10. The van der Waals surface area contributed by atoms with E-state index in [-0.39, 0.29) is 22.8 Å². The molecule has 1 aliphatic carbocycles. The zero-order valence-corrected chi connectivity index (χ0v) is 16.7. The molecule has 2 fully saturated rings. The minimum Gasteiger partial charge on any atom is -0.313 e. The molecule has 1 saturated heterocycles. The largest absolute Gasteiger partial charge is 0.417 e. The van der Waals surface area contributed by atoms with Crippen molar-refractivity contribution in [1.29, 1.82) is 10.5 Å². The van der Waals surface area contributed by atoms with Crippen LogP contribution in [0.15, 0.2) is 48.8 Å². The monoisotopic (exact) mass is 440 g/mol. The lowest BCUT2D eigenvalue weighted by atomic mass is 9.94. The molecule has 2 aromatic rings. The summed E-state index contributed by atoms with van der Waals surface area (Å²) in [5, 5.41) is 18.1. The molecule has 4 rings (SSSR count). The van der Waals surface area contributed by atoms with Crippen molar-refractivity contribution in [1.82, 2.24) is 0 Å². The fraction of sp³-hybridized carbons (Fsp3) is 0.261. The summed E-state index contributed by atoms with van der Waals surface area (Å²) in [7, 11) is 0. The van der Waals surface area contributed by atoms with Crippen LogP contribution < -0.4 is 9.80 Å². The molecule has 0 bridgehead atoms. The van der Waals surface area contributed by atoms with Crippen LogP contribution in [0, 0.1) is 28.5 Å². The Hall–Kier alpha value is -3.85. The molecule has 0 atom stereocenters. The Morgan fingerprint density at radius 2 is 1.56 bits per heavy atom. The van der Waals surface area contributed by atoms with Gasteiger partial charge in [-0.05, 0) is 49.2 Å². The number of benzene rings is 2. The molecule has 1 heterocycles. The van der Waals surface area contributed by atoms with Crippen LogP contribution in [0.25, 0.3) is 0 Å². The fourth-order valence-corrected chi connectivity index (χ4v) is 4.56. The highest BCUT2D eigenvalue weighted by atomic mass is 19.4. The average molecular weight is 440 g/mol. The van der Waals surface area contributed by atoms with Crippen molar-refractivity contribution in [2.75, 3.05) is 9.80 Å². The predicted molar refractivity (Wildman–Crippen MR) is 108 cm³/mol. The molecule has 32 heavy (non-hydrogen) atoms. The number of nitriles is 2. The predicted octanol–water partition coefficient (Wildman–Crippen LogP) is 5.23. The number of alkyl halides is 3. The van der Waals surface area contributed by atoms with Gasteiger partial charge in [-0.15, -0.1) is 0 Å². The third kappa shape index (κ3) is 3.09. The molecule has 9 heteroatoms. The van der Waals surface area contributed by atoms with Crippen molar-refractivity contribution in [2.45, 2.75) is 37.4 Å². The van der Waals surface area contributed by atoms with Gasteiger partial charge in [-0.25, -0.2) is 4.39 Å². The molecule has 0 unspecified atom stereocenters. The Bertz CT molecular complexity index is 1220. The first-order chi connectivity index (χ1) is 15.1. The molecule has 2 aliphatic rings. The number of carbonyl (C=O) groups is 1. The Morgan fingerprint density at radius 3 is 2.12 bits per heavy atom. The second-order valence-corrected chi connectivity index (χ2v) is 7.75. The molecular weight excluding hydrogens is 424 g/mol. The molecule has 1 spiro atoms. The van der Waals surface area contributed by atoms with E-state index < -0.39 is 34.6 Å². The van der Waals surface area contributed by atoms with E-state index in [2.05, 4.69) is 6.58 Å². The van der Waals surface area contributed by atoms with Crippen molar-refractivity contribution in [3.05, 3.63) is 71.3 Å². The van der Waals surface area contributed by atoms with Gasteiger partial charge in [0.05, 0.1) is 28.4 Å². The van der Waals surface area contributed by atoms with E-state index in [1.54, 1.807) is 11.0 Å². The van der Waals surface area contributed by atoms with Gasteiger partial charge >= 0.3 is 6.18 Å². The number of carbonyl (C=O) groups excluding carboxylic acids is 1. The SMILES string of the molecule is C=C1N(c2ccc(C#N)c(C(F)(F)F)c2)C(=O)C2(CCCC2)N1c1ccc(C#N)c(F)c1. The number of hydrogen-bond acceptors (Lipinski definition) is 4. The van der Waals surface area contributed by atoms with E-state index >= 15 is 0 Å². The third-order valence-electron chi connectivity index (χ3n) is 5.99. The fourth-order valence-electron chi connectivity index (χ4n) is 4.56. The van der Waals surface area contributed by atoms with Crippen LogP contribution in [0.1, 0.15) is 42.4 Å². The Balaban J connectivity index is 1.86. The Morgan fingerprint density at radius 1 is 0.969 bits per heavy atom. The van der Waals surface area contributed by atoms with E-state index in [0.717, 1.165) is 23.1 Å². The van der Waals surface area contributed by atoms with Gasteiger partial charge in [0.2, 0.25) is 0 Å². The summed E-state index contributed by atoms with van der Waals surface area (Å²) in [6.07, 6.45) is -2.52. The zero-order chi connectivity index (χ0) is 23.3. The summed E-state index contributed by atoms with van der Waals surface area (Å²) in [5.74, 6) is -1.14. The number of anilines is 2. The van der Waals surface area contributed by atoms with Gasteiger partial charge in [0.25, 0.3) is 5.91 Å². The molecular formula is C23H16F4N4O. The van der Waals surface area contributed by atoms with Crippen LogP contribution in [0.2, 0.25) is 0 Å². The van der Waals surface area contributed by atoms with Crippen molar-refractivity contribution < 1.29 is 22.4 Å². The molecule has 1 aliphatic heterocycles. The Labute approximate surface area is 181 Å². The van der Waals surface area contributed by atoms with Crippen LogP contribution in [0.5, 0.6) is 0 Å². The minimum absolute atomic E-state index is 0.0748. The highest BCUT2D eigenvalue weighted by Gasteiger charge is 2.56. The third-order valence-corrected chi connectivity index (χ3v) is 5.99. The smallest absolute Gasteiger partial charge is 0.313 e. The van der Waals surface area contributed by atoms with Gasteiger partial charge < -0.3 is 4.90 Å². The van der Waals surface area contributed by atoms with Crippen LogP contribution >= 0.6 is 0 Å². The minimum atomic E-state index is -4.79. The summed E-state index contributed by atoms with van der Waals surface area (Å²) in [4.78, 5) is 16.2. The molecule has 0 N–H and O–H groups in total. The first-order valence-corrected chi connectivity index (χ1v) is 9.79. The van der Waals surface area contributed by atoms with Gasteiger partial charge in [-0.1, -0.05) is 19.4 Å². The quantitative estimate of drug-likeness (QED) is 0.600. The average Bonchev–Trinajstić information content (AvgIpc) is 3.31. The number of halogens is 4. The lowest BCUT2D eigenvalue weighted by Gasteiger charge is -2.33. The van der Waals surface area contributed by atoms with Crippen LogP contribution in [-0.2, 0) is 11.0 Å². The highest BCUT2D eigenvalue weighted by Crippen LogP contribution is 2.49. The van der Waals surface area contributed by atoms with Gasteiger partial charge in [0.1, 0.15) is 23.2 Å².